The summed E-state index contributed by atoms with van der Waals surface area (Å²) in [4.78, 5) is 50.1. The van der Waals surface area contributed by atoms with E-state index in [0.717, 1.165) is 21.8 Å². The first-order chi connectivity index (χ1) is 18.8. The molecule has 4 aromatic carbocycles. The molecule has 39 heavy (non-hydrogen) atoms. The predicted octanol–water partition coefficient (Wildman–Crippen LogP) is 5.87. The SMILES string of the molecule is COC(=O)c1cc(NC(=O)c2ccc(NC(C)=O)cc2)cc(NC(=O)n2c3ccccc3c3ccccc32)c1. The van der Waals surface area contributed by atoms with Crippen LogP contribution in [0.1, 0.15) is 27.6 Å². The molecule has 0 bridgehead atoms. The van der Waals surface area contributed by atoms with Crippen molar-refractivity contribution in [3.8, 4) is 0 Å². The quantitative estimate of drug-likeness (QED) is 0.250. The first kappa shape index (κ1) is 25.2. The van der Waals surface area contributed by atoms with Crippen LogP contribution in [0.25, 0.3) is 21.8 Å². The second-order valence-corrected chi connectivity index (χ2v) is 8.80. The number of para-hydroxylation sites is 2. The van der Waals surface area contributed by atoms with E-state index in [2.05, 4.69) is 16.0 Å². The molecule has 0 saturated heterocycles. The van der Waals surface area contributed by atoms with Gasteiger partial charge in [-0.25, -0.2) is 9.59 Å². The number of methoxy groups -OCH3 is 1. The van der Waals surface area contributed by atoms with Gasteiger partial charge in [0.2, 0.25) is 5.91 Å². The summed E-state index contributed by atoms with van der Waals surface area (Å²) in [7, 11) is 1.25. The highest BCUT2D eigenvalue weighted by Gasteiger charge is 2.18. The highest BCUT2D eigenvalue weighted by atomic mass is 16.5. The lowest BCUT2D eigenvalue weighted by Gasteiger charge is -2.13. The summed E-state index contributed by atoms with van der Waals surface area (Å²) in [5, 5.41) is 10.1. The van der Waals surface area contributed by atoms with Gasteiger partial charge in [0.1, 0.15) is 0 Å². The number of nitrogens with zero attached hydrogens (tertiary/aromatic N) is 1. The van der Waals surface area contributed by atoms with E-state index in [9.17, 15) is 19.2 Å². The van der Waals surface area contributed by atoms with E-state index in [1.54, 1.807) is 34.9 Å². The van der Waals surface area contributed by atoms with Crippen molar-refractivity contribution in [1.29, 1.82) is 0 Å². The third-order valence-electron chi connectivity index (χ3n) is 6.11. The van der Waals surface area contributed by atoms with Gasteiger partial charge in [0, 0.05) is 40.3 Å². The van der Waals surface area contributed by atoms with Crippen molar-refractivity contribution in [1.82, 2.24) is 4.57 Å². The first-order valence-electron chi connectivity index (χ1n) is 12.1. The van der Waals surface area contributed by atoms with Crippen molar-refractivity contribution >= 4 is 62.7 Å². The fourth-order valence-corrected chi connectivity index (χ4v) is 4.44. The fourth-order valence-electron chi connectivity index (χ4n) is 4.44. The van der Waals surface area contributed by atoms with Crippen LogP contribution in [0.3, 0.4) is 0 Å². The number of carbonyl (C=O) groups excluding carboxylic acids is 4. The van der Waals surface area contributed by atoms with Gasteiger partial charge >= 0.3 is 12.0 Å². The summed E-state index contributed by atoms with van der Waals surface area (Å²) in [5.41, 5.74) is 3.08. The standard InChI is InChI=1S/C30H24N4O5/c1-18(35)31-21-13-11-19(12-14-21)28(36)32-22-15-20(29(37)39-2)16-23(17-22)33-30(38)34-26-9-5-3-7-24(26)25-8-4-6-10-27(25)34/h3-17H,1-2H3,(H,31,35)(H,32,36)(H,33,38). The van der Waals surface area contributed by atoms with E-state index >= 15 is 0 Å². The summed E-state index contributed by atoms with van der Waals surface area (Å²) >= 11 is 0. The maximum absolute atomic E-state index is 13.5. The molecular weight excluding hydrogens is 496 g/mol. The summed E-state index contributed by atoms with van der Waals surface area (Å²) in [6.45, 7) is 1.40. The molecule has 5 rings (SSSR count). The van der Waals surface area contributed by atoms with E-state index in [0.29, 0.717) is 16.9 Å². The van der Waals surface area contributed by atoms with Gasteiger partial charge in [0.25, 0.3) is 5.91 Å². The normalized spacial score (nSPS) is 10.7. The maximum atomic E-state index is 13.5. The lowest BCUT2D eigenvalue weighted by Crippen LogP contribution is -2.20. The van der Waals surface area contributed by atoms with Gasteiger partial charge in [0.05, 0.1) is 23.7 Å². The molecule has 9 heteroatoms. The third kappa shape index (κ3) is 5.19. The van der Waals surface area contributed by atoms with Crippen LogP contribution in [0, 0.1) is 0 Å². The largest absolute Gasteiger partial charge is 0.465 e. The Labute approximate surface area is 223 Å². The molecule has 0 unspecified atom stereocenters. The van der Waals surface area contributed by atoms with Gasteiger partial charge in [-0.15, -0.1) is 0 Å². The molecule has 5 aromatic rings. The number of fused-ring (bicyclic) bond motifs is 3. The minimum absolute atomic E-state index is 0.147. The van der Waals surface area contributed by atoms with Crippen molar-refractivity contribution in [2.45, 2.75) is 6.92 Å². The number of nitrogens with one attached hydrogen (secondary N) is 3. The van der Waals surface area contributed by atoms with Crippen LogP contribution in [0.5, 0.6) is 0 Å². The fraction of sp³-hybridized carbons (Fsp3) is 0.0667. The van der Waals surface area contributed by atoms with Crippen molar-refractivity contribution in [2.75, 3.05) is 23.1 Å². The molecule has 1 heterocycles. The van der Waals surface area contributed by atoms with Gasteiger partial charge in [0.15, 0.2) is 0 Å². The molecule has 0 atom stereocenters. The molecule has 1 aromatic heterocycles. The Kier molecular flexibility index (Phi) is 6.79. The molecule has 0 spiro atoms. The Morgan fingerprint density at radius 2 is 1.21 bits per heavy atom. The Bertz CT molecular complexity index is 1700. The molecule has 0 fully saturated rings. The van der Waals surface area contributed by atoms with Crippen LogP contribution in [-0.4, -0.2) is 35.5 Å². The van der Waals surface area contributed by atoms with E-state index in [1.165, 1.54) is 26.2 Å². The van der Waals surface area contributed by atoms with Crippen molar-refractivity contribution in [2.24, 2.45) is 0 Å². The third-order valence-corrected chi connectivity index (χ3v) is 6.11. The van der Waals surface area contributed by atoms with Gasteiger partial charge in [-0.1, -0.05) is 36.4 Å². The van der Waals surface area contributed by atoms with Crippen LogP contribution in [-0.2, 0) is 9.53 Å². The molecule has 0 aliphatic carbocycles. The number of ether oxygens (including phenoxy) is 1. The number of hydrogen-bond donors (Lipinski definition) is 3. The summed E-state index contributed by atoms with van der Waals surface area (Å²) in [6.07, 6.45) is 0. The maximum Gasteiger partial charge on any atom is 0.337 e. The molecular formula is C30H24N4O5. The molecule has 194 valence electrons. The van der Waals surface area contributed by atoms with E-state index in [-0.39, 0.29) is 17.2 Å². The van der Waals surface area contributed by atoms with E-state index in [4.69, 9.17) is 4.74 Å². The molecule has 0 aliphatic heterocycles. The number of carbonyl (C=O) groups is 4. The zero-order valence-electron chi connectivity index (χ0n) is 21.1. The number of anilines is 3. The molecule has 0 aliphatic rings. The number of benzene rings is 4. The topological polar surface area (TPSA) is 119 Å². The predicted molar refractivity (Wildman–Crippen MR) is 150 cm³/mol. The molecule has 3 amide bonds. The summed E-state index contributed by atoms with van der Waals surface area (Å²) in [6, 6.07) is 25.6. The number of amides is 3. The van der Waals surface area contributed by atoms with Crippen LogP contribution < -0.4 is 16.0 Å². The van der Waals surface area contributed by atoms with Crippen LogP contribution in [0.15, 0.2) is 91.0 Å². The average molecular weight is 521 g/mol. The Morgan fingerprint density at radius 3 is 1.77 bits per heavy atom. The second kappa shape index (κ2) is 10.5. The monoisotopic (exact) mass is 520 g/mol. The molecule has 0 saturated carbocycles. The molecule has 0 radical (unpaired) electrons. The van der Waals surface area contributed by atoms with Crippen LogP contribution in [0.2, 0.25) is 0 Å². The smallest absolute Gasteiger partial charge is 0.337 e. The highest BCUT2D eigenvalue weighted by molar-refractivity contribution is 6.15. The zero-order chi connectivity index (χ0) is 27.5. The number of esters is 1. The van der Waals surface area contributed by atoms with Gasteiger partial charge < -0.3 is 20.7 Å². The summed E-state index contributed by atoms with van der Waals surface area (Å²) < 4.78 is 6.44. The Hall–Kier alpha value is -5.44. The van der Waals surface area contributed by atoms with Crippen molar-refractivity contribution in [3.63, 3.8) is 0 Å². The van der Waals surface area contributed by atoms with Crippen LogP contribution in [0.4, 0.5) is 21.9 Å². The van der Waals surface area contributed by atoms with Gasteiger partial charge in [-0.05, 0) is 54.6 Å². The molecule has 9 nitrogen and oxygen atoms in total. The average Bonchev–Trinajstić information content (AvgIpc) is 3.27. The molecule has 3 N–H and O–H groups in total. The Balaban J connectivity index is 1.46. The lowest BCUT2D eigenvalue weighted by molar-refractivity contribution is -0.114. The number of hydrogen-bond acceptors (Lipinski definition) is 5. The van der Waals surface area contributed by atoms with Crippen molar-refractivity contribution in [3.05, 3.63) is 102 Å². The van der Waals surface area contributed by atoms with Crippen LogP contribution >= 0.6 is 0 Å². The van der Waals surface area contributed by atoms with Gasteiger partial charge in [-0.3, -0.25) is 14.2 Å². The number of rotatable bonds is 5. The highest BCUT2D eigenvalue weighted by Crippen LogP contribution is 2.29. The second-order valence-electron chi connectivity index (χ2n) is 8.80. The Morgan fingerprint density at radius 1 is 0.641 bits per heavy atom. The first-order valence-corrected chi connectivity index (χ1v) is 12.1. The lowest BCUT2D eigenvalue weighted by atomic mass is 10.1. The summed E-state index contributed by atoms with van der Waals surface area (Å²) in [5.74, 6) is -1.29. The minimum atomic E-state index is -0.627. The zero-order valence-corrected chi connectivity index (χ0v) is 21.1. The van der Waals surface area contributed by atoms with Gasteiger partial charge in [-0.2, -0.15) is 0 Å². The number of aromatic nitrogens is 1. The minimum Gasteiger partial charge on any atom is -0.465 e. The van der Waals surface area contributed by atoms with E-state index < -0.39 is 17.9 Å². The van der Waals surface area contributed by atoms with Crippen molar-refractivity contribution < 1.29 is 23.9 Å². The van der Waals surface area contributed by atoms with E-state index in [1.807, 2.05) is 48.5 Å².